The lowest BCUT2D eigenvalue weighted by atomic mass is 9.75. The first-order valence-corrected chi connectivity index (χ1v) is 9.94. The van der Waals surface area contributed by atoms with Gasteiger partial charge in [-0.2, -0.15) is 0 Å². The van der Waals surface area contributed by atoms with Gasteiger partial charge in [-0.1, -0.05) is 61.3 Å². The Balaban J connectivity index is 1.72. The van der Waals surface area contributed by atoms with Crippen molar-refractivity contribution in [3.05, 3.63) is 35.4 Å². The second-order valence-corrected chi connectivity index (χ2v) is 8.60. The molecule has 0 N–H and O–H groups in total. The standard InChI is InChI=1S/C20H25BrO4/c1-11(2)13-9-8-12(3)10-16(13)24-20(23)17(21)18-14-6-4-5-7-15(14)19(22)25-18/h4-7,11-13,16-18H,8-10H2,1-3H3/t12-,13+,16-,17-,18-/m1/s1. The number of fused-ring (bicyclic) bond motifs is 1. The van der Waals surface area contributed by atoms with Crippen LogP contribution >= 0.6 is 15.9 Å². The van der Waals surface area contributed by atoms with E-state index in [9.17, 15) is 9.59 Å². The minimum absolute atomic E-state index is 0.0661. The predicted octanol–water partition coefficient (Wildman–Crippen LogP) is 4.67. The molecule has 2 aliphatic rings. The van der Waals surface area contributed by atoms with E-state index in [0.717, 1.165) is 18.4 Å². The Kier molecular flexibility index (Phi) is 5.52. The molecule has 4 nitrogen and oxygen atoms in total. The van der Waals surface area contributed by atoms with Gasteiger partial charge in [0.05, 0.1) is 5.56 Å². The zero-order chi connectivity index (χ0) is 18.1. The largest absolute Gasteiger partial charge is 0.461 e. The molecule has 0 amide bonds. The van der Waals surface area contributed by atoms with Crippen molar-refractivity contribution in [2.75, 3.05) is 0 Å². The molecule has 136 valence electrons. The number of alkyl halides is 1. The molecular weight excluding hydrogens is 384 g/mol. The van der Waals surface area contributed by atoms with Crippen LogP contribution < -0.4 is 0 Å². The number of rotatable bonds is 4. The molecule has 1 fully saturated rings. The smallest absolute Gasteiger partial charge is 0.339 e. The summed E-state index contributed by atoms with van der Waals surface area (Å²) in [5.74, 6) is 0.692. The monoisotopic (exact) mass is 408 g/mol. The molecule has 0 radical (unpaired) electrons. The summed E-state index contributed by atoms with van der Waals surface area (Å²) in [6, 6.07) is 7.18. The lowest BCUT2D eigenvalue weighted by Gasteiger charge is -2.37. The van der Waals surface area contributed by atoms with E-state index < -0.39 is 10.9 Å². The van der Waals surface area contributed by atoms with Gasteiger partial charge in [0.25, 0.3) is 0 Å². The van der Waals surface area contributed by atoms with Gasteiger partial charge in [0.1, 0.15) is 6.10 Å². The minimum Gasteiger partial charge on any atom is -0.461 e. The lowest BCUT2D eigenvalue weighted by Crippen LogP contribution is -2.38. The second-order valence-electron chi connectivity index (χ2n) is 7.62. The fourth-order valence-corrected chi connectivity index (χ4v) is 4.48. The highest BCUT2D eigenvalue weighted by Crippen LogP contribution is 2.39. The summed E-state index contributed by atoms with van der Waals surface area (Å²) in [6.07, 6.45) is 2.47. The van der Waals surface area contributed by atoms with Crippen molar-refractivity contribution in [1.29, 1.82) is 0 Å². The highest BCUT2D eigenvalue weighted by molar-refractivity contribution is 9.10. The van der Waals surface area contributed by atoms with Crippen LogP contribution in [0.3, 0.4) is 0 Å². The predicted molar refractivity (Wildman–Crippen MR) is 98.5 cm³/mol. The summed E-state index contributed by atoms with van der Waals surface area (Å²) in [7, 11) is 0. The van der Waals surface area contributed by atoms with Crippen molar-refractivity contribution < 1.29 is 19.1 Å². The maximum Gasteiger partial charge on any atom is 0.339 e. The molecule has 5 atom stereocenters. The molecule has 1 aromatic rings. The Morgan fingerprint density at radius 3 is 2.72 bits per heavy atom. The van der Waals surface area contributed by atoms with Gasteiger partial charge in [-0.3, -0.25) is 4.79 Å². The summed E-state index contributed by atoms with van der Waals surface area (Å²) in [6.45, 7) is 6.57. The van der Waals surface area contributed by atoms with Gasteiger partial charge < -0.3 is 9.47 Å². The van der Waals surface area contributed by atoms with Gasteiger partial charge in [-0.25, -0.2) is 4.79 Å². The van der Waals surface area contributed by atoms with Crippen LogP contribution in [0.15, 0.2) is 24.3 Å². The van der Waals surface area contributed by atoms with Gasteiger partial charge in [-0.15, -0.1) is 0 Å². The van der Waals surface area contributed by atoms with Crippen LogP contribution in [-0.2, 0) is 14.3 Å². The number of carbonyl (C=O) groups is 2. The first-order valence-electron chi connectivity index (χ1n) is 9.03. The van der Waals surface area contributed by atoms with Crippen molar-refractivity contribution in [3.63, 3.8) is 0 Å². The van der Waals surface area contributed by atoms with Gasteiger partial charge in [-0.05, 0) is 36.7 Å². The Bertz CT molecular complexity index is 657. The van der Waals surface area contributed by atoms with E-state index in [-0.39, 0.29) is 18.0 Å². The molecule has 1 heterocycles. The Morgan fingerprint density at radius 1 is 1.28 bits per heavy atom. The molecule has 0 aromatic heterocycles. The number of cyclic esters (lactones) is 1. The number of hydrogen-bond donors (Lipinski definition) is 0. The van der Waals surface area contributed by atoms with Gasteiger partial charge >= 0.3 is 11.9 Å². The lowest BCUT2D eigenvalue weighted by molar-refractivity contribution is -0.157. The third-order valence-corrected chi connectivity index (χ3v) is 6.30. The van der Waals surface area contributed by atoms with Crippen LogP contribution in [0.25, 0.3) is 0 Å². The van der Waals surface area contributed by atoms with E-state index in [1.54, 1.807) is 12.1 Å². The van der Waals surface area contributed by atoms with Gasteiger partial charge in [0, 0.05) is 5.56 Å². The van der Waals surface area contributed by atoms with E-state index in [1.165, 1.54) is 6.42 Å². The van der Waals surface area contributed by atoms with Crippen LogP contribution in [0, 0.1) is 17.8 Å². The minimum atomic E-state index is -0.690. The van der Waals surface area contributed by atoms with Crippen molar-refractivity contribution >= 4 is 27.9 Å². The molecule has 0 unspecified atom stereocenters. The number of hydrogen-bond acceptors (Lipinski definition) is 4. The molecule has 5 heteroatoms. The zero-order valence-corrected chi connectivity index (χ0v) is 16.5. The highest BCUT2D eigenvalue weighted by Gasteiger charge is 2.41. The summed E-state index contributed by atoms with van der Waals surface area (Å²) in [5.41, 5.74) is 1.26. The molecule has 1 saturated carbocycles. The number of halogens is 1. The van der Waals surface area contributed by atoms with Crippen molar-refractivity contribution in [2.24, 2.45) is 17.8 Å². The van der Waals surface area contributed by atoms with Crippen LogP contribution in [0.2, 0.25) is 0 Å². The third-order valence-electron chi connectivity index (χ3n) is 5.44. The van der Waals surface area contributed by atoms with Crippen molar-refractivity contribution in [2.45, 2.75) is 57.1 Å². The molecule has 0 spiro atoms. The zero-order valence-electron chi connectivity index (χ0n) is 14.9. The number of benzene rings is 1. The second kappa shape index (κ2) is 7.48. The average Bonchev–Trinajstić information content (AvgIpc) is 2.91. The van der Waals surface area contributed by atoms with Crippen LogP contribution in [0.5, 0.6) is 0 Å². The molecular formula is C20H25BrO4. The van der Waals surface area contributed by atoms with E-state index >= 15 is 0 Å². The summed E-state index contributed by atoms with van der Waals surface area (Å²) in [5, 5.41) is 0. The Morgan fingerprint density at radius 2 is 2.00 bits per heavy atom. The summed E-state index contributed by atoms with van der Waals surface area (Å²) in [4.78, 5) is 24.0. The first-order chi connectivity index (χ1) is 11.9. The molecule has 0 bridgehead atoms. The first kappa shape index (κ1) is 18.4. The topological polar surface area (TPSA) is 52.6 Å². The third kappa shape index (κ3) is 3.76. The number of esters is 2. The SMILES string of the molecule is CC(C)[C@@H]1CC[C@@H](C)C[C@H]1OC(=O)[C@H](Br)[C@@H]1OC(=O)c2ccccc21. The normalized spacial score (nSPS) is 29.9. The molecule has 0 saturated heterocycles. The van der Waals surface area contributed by atoms with Crippen molar-refractivity contribution in [1.82, 2.24) is 0 Å². The molecule has 1 aliphatic carbocycles. The fourth-order valence-electron chi connectivity index (χ4n) is 3.98. The summed E-state index contributed by atoms with van der Waals surface area (Å²) < 4.78 is 11.3. The Hall–Kier alpha value is -1.36. The summed E-state index contributed by atoms with van der Waals surface area (Å²) >= 11 is 3.41. The fraction of sp³-hybridized carbons (Fsp3) is 0.600. The molecule has 1 aliphatic heterocycles. The molecule has 1 aromatic carbocycles. The quantitative estimate of drug-likeness (QED) is 0.536. The van der Waals surface area contributed by atoms with Crippen molar-refractivity contribution in [3.8, 4) is 0 Å². The van der Waals surface area contributed by atoms with Crippen LogP contribution in [-0.4, -0.2) is 22.9 Å². The van der Waals surface area contributed by atoms with E-state index in [4.69, 9.17) is 9.47 Å². The van der Waals surface area contributed by atoms with Gasteiger partial charge in [0.15, 0.2) is 10.9 Å². The van der Waals surface area contributed by atoms with Gasteiger partial charge in [0.2, 0.25) is 0 Å². The molecule has 25 heavy (non-hydrogen) atoms. The average molecular weight is 409 g/mol. The number of ether oxygens (including phenoxy) is 2. The van der Waals surface area contributed by atoms with Crippen LogP contribution in [0.4, 0.5) is 0 Å². The van der Waals surface area contributed by atoms with Crippen LogP contribution in [0.1, 0.15) is 62.1 Å². The maximum atomic E-state index is 12.7. The molecule has 3 rings (SSSR count). The Labute approximate surface area is 157 Å². The number of carbonyl (C=O) groups excluding carboxylic acids is 2. The van der Waals surface area contributed by atoms with E-state index in [0.29, 0.717) is 23.3 Å². The van der Waals surface area contributed by atoms with E-state index in [1.807, 2.05) is 12.1 Å². The highest BCUT2D eigenvalue weighted by atomic mass is 79.9. The maximum absolute atomic E-state index is 12.7. The van der Waals surface area contributed by atoms with E-state index in [2.05, 4.69) is 36.7 Å².